The van der Waals surface area contributed by atoms with E-state index in [9.17, 15) is 26.4 Å². The fraction of sp³-hybridized carbons (Fsp3) is 0.435. The van der Waals surface area contributed by atoms with E-state index in [1.54, 1.807) is 39.0 Å². The molecule has 1 heterocycles. The van der Waals surface area contributed by atoms with Gasteiger partial charge in [-0.25, -0.2) is 4.79 Å². The Labute approximate surface area is 196 Å². The van der Waals surface area contributed by atoms with Crippen molar-refractivity contribution in [2.24, 2.45) is 0 Å². The second-order valence-electron chi connectivity index (χ2n) is 8.85. The van der Waals surface area contributed by atoms with E-state index in [4.69, 9.17) is 9.47 Å². The lowest BCUT2D eigenvalue weighted by molar-refractivity contribution is -0.0500. The highest BCUT2D eigenvalue weighted by Gasteiger charge is 2.49. The topological polar surface area (TPSA) is 82.1 Å². The van der Waals surface area contributed by atoms with Gasteiger partial charge >= 0.3 is 21.7 Å². The summed E-state index contributed by atoms with van der Waals surface area (Å²) in [4.78, 5) is 13.9. The standard InChI is InChI=1S/C23H26F3NO6S/c1-22(2,3)32-21(28)27-14-20(31-15-27)18(16-9-5-4-6-10-16)13-17-11-7-8-12-19(17)33-34(29,30)23(24,25)26/h4-12,18,20H,13-15H2,1-3H3/t18?,20-/m1/s1. The molecule has 1 unspecified atom stereocenters. The summed E-state index contributed by atoms with van der Waals surface area (Å²) in [6, 6.07) is 14.7. The summed E-state index contributed by atoms with van der Waals surface area (Å²) in [6.45, 7) is 5.43. The van der Waals surface area contributed by atoms with E-state index in [1.165, 1.54) is 23.1 Å². The van der Waals surface area contributed by atoms with Gasteiger partial charge in [0.15, 0.2) is 0 Å². The van der Waals surface area contributed by atoms with E-state index in [-0.39, 0.29) is 25.3 Å². The van der Waals surface area contributed by atoms with Crippen LogP contribution in [0.5, 0.6) is 5.75 Å². The molecule has 2 aromatic carbocycles. The molecule has 0 N–H and O–H groups in total. The van der Waals surface area contributed by atoms with E-state index in [0.29, 0.717) is 0 Å². The molecule has 1 amide bonds. The molecule has 1 saturated heterocycles. The van der Waals surface area contributed by atoms with Crippen molar-refractivity contribution < 1.29 is 40.0 Å². The molecule has 11 heteroatoms. The van der Waals surface area contributed by atoms with Gasteiger partial charge in [-0.15, -0.1) is 0 Å². The molecule has 0 aliphatic carbocycles. The third kappa shape index (κ3) is 6.41. The van der Waals surface area contributed by atoms with Crippen LogP contribution < -0.4 is 4.18 Å². The molecule has 7 nitrogen and oxygen atoms in total. The monoisotopic (exact) mass is 501 g/mol. The van der Waals surface area contributed by atoms with Gasteiger partial charge in [-0.05, 0) is 44.4 Å². The second kappa shape index (κ2) is 9.83. The lowest BCUT2D eigenvalue weighted by Gasteiger charge is -2.25. The summed E-state index contributed by atoms with van der Waals surface area (Å²) < 4.78 is 77.5. The molecule has 1 fully saturated rings. The number of rotatable bonds is 6. The van der Waals surface area contributed by atoms with Gasteiger partial charge in [-0.3, -0.25) is 4.90 Å². The van der Waals surface area contributed by atoms with E-state index < -0.39 is 45.1 Å². The van der Waals surface area contributed by atoms with Crippen molar-refractivity contribution in [1.82, 2.24) is 4.90 Å². The van der Waals surface area contributed by atoms with E-state index in [0.717, 1.165) is 5.56 Å². The molecular formula is C23H26F3NO6S. The number of carbonyl (C=O) groups excluding carboxylic acids is 1. The molecule has 0 saturated carbocycles. The van der Waals surface area contributed by atoms with Crippen molar-refractivity contribution in [2.75, 3.05) is 13.3 Å². The molecule has 186 valence electrons. The molecule has 2 atom stereocenters. The van der Waals surface area contributed by atoms with E-state index >= 15 is 0 Å². The minimum absolute atomic E-state index is 0.0104. The van der Waals surface area contributed by atoms with Crippen molar-refractivity contribution in [2.45, 2.75) is 50.3 Å². The van der Waals surface area contributed by atoms with Crippen molar-refractivity contribution in [3.05, 3.63) is 65.7 Å². The highest BCUT2D eigenvalue weighted by atomic mass is 32.2. The zero-order valence-electron chi connectivity index (χ0n) is 18.9. The van der Waals surface area contributed by atoms with Gasteiger partial charge in [0.1, 0.15) is 18.1 Å². The molecule has 1 aliphatic heterocycles. The van der Waals surface area contributed by atoms with Crippen LogP contribution in [-0.4, -0.2) is 49.9 Å². The van der Waals surface area contributed by atoms with Crippen LogP contribution in [0.25, 0.3) is 0 Å². The van der Waals surface area contributed by atoms with Gasteiger partial charge in [0.25, 0.3) is 0 Å². The quantitative estimate of drug-likeness (QED) is 0.416. The second-order valence-corrected chi connectivity index (χ2v) is 10.4. The van der Waals surface area contributed by atoms with Crippen molar-refractivity contribution in [3.63, 3.8) is 0 Å². The van der Waals surface area contributed by atoms with Crippen LogP contribution in [0.1, 0.15) is 37.8 Å². The largest absolute Gasteiger partial charge is 0.534 e. The van der Waals surface area contributed by atoms with Gasteiger partial charge in [0, 0.05) is 5.92 Å². The number of ether oxygens (including phenoxy) is 2. The van der Waals surface area contributed by atoms with E-state index in [1.807, 2.05) is 18.2 Å². The molecule has 2 aromatic rings. The van der Waals surface area contributed by atoms with Crippen molar-refractivity contribution >= 4 is 16.2 Å². The number of carbonyl (C=O) groups is 1. The maximum Gasteiger partial charge on any atom is 0.534 e. The van der Waals surface area contributed by atoms with Crippen LogP contribution in [0.2, 0.25) is 0 Å². The summed E-state index contributed by atoms with van der Waals surface area (Å²) in [6.07, 6.45) is -0.940. The Morgan fingerprint density at radius 2 is 1.71 bits per heavy atom. The maximum absolute atomic E-state index is 12.9. The van der Waals surface area contributed by atoms with Crippen LogP contribution >= 0.6 is 0 Å². The summed E-state index contributed by atoms with van der Waals surface area (Å²) in [5.41, 5.74) is -5.18. The lowest BCUT2D eigenvalue weighted by atomic mass is 9.87. The number of hydrogen-bond donors (Lipinski definition) is 0. The summed E-state index contributed by atoms with van der Waals surface area (Å²) in [7, 11) is -5.83. The molecule has 3 rings (SSSR count). The first kappa shape index (κ1) is 25.8. The summed E-state index contributed by atoms with van der Waals surface area (Å²) in [5.74, 6) is -0.824. The van der Waals surface area contributed by atoms with Crippen LogP contribution in [-0.2, 0) is 26.0 Å². The molecule has 1 aliphatic rings. The Hall–Kier alpha value is -2.79. The average molecular weight is 502 g/mol. The number of hydrogen-bond acceptors (Lipinski definition) is 6. The highest BCUT2D eigenvalue weighted by molar-refractivity contribution is 7.88. The number of nitrogens with zero attached hydrogens (tertiary/aromatic N) is 1. The Balaban J connectivity index is 1.87. The summed E-state index contributed by atoms with van der Waals surface area (Å²) >= 11 is 0. The molecule has 0 radical (unpaired) electrons. The minimum Gasteiger partial charge on any atom is -0.444 e. The lowest BCUT2D eigenvalue weighted by Crippen LogP contribution is -2.36. The predicted molar refractivity (Wildman–Crippen MR) is 118 cm³/mol. The Morgan fingerprint density at radius 3 is 2.32 bits per heavy atom. The van der Waals surface area contributed by atoms with Gasteiger partial charge in [-0.2, -0.15) is 21.6 Å². The first-order valence-electron chi connectivity index (χ1n) is 10.5. The highest BCUT2D eigenvalue weighted by Crippen LogP contribution is 2.35. The maximum atomic E-state index is 12.9. The number of amides is 1. The van der Waals surface area contributed by atoms with Gasteiger partial charge in [0.05, 0.1) is 12.6 Å². The molecule has 0 bridgehead atoms. The molecule has 34 heavy (non-hydrogen) atoms. The Morgan fingerprint density at radius 1 is 1.09 bits per heavy atom. The van der Waals surface area contributed by atoms with Gasteiger partial charge in [0.2, 0.25) is 0 Å². The summed E-state index contributed by atoms with van der Waals surface area (Å²) in [5, 5.41) is 0. The van der Waals surface area contributed by atoms with E-state index in [2.05, 4.69) is 4.18 Å². The zero-order chi connectivity index (χ0) is 25.1. The van der Waals surface area contributed by atoms with Crippen LogP contribution in [0.3, 0.4) is 0 Å². The minimum atomic E-state index is -5.83. The Kier molecular flexibility index (Phi) is 7.47. The Bertz CT molecular complexity index is 1100. The third-order valence-corrected chi connectivity index (χ3v) is 6.03. The normalized spacial score (nSPS) is 17.9. The zero-order valence-corrected chi connectivity index (χ0v) is 19.7. The number of alkyl halides is 3. The average Bonchev–Trinajstić information content (AvgIpc) is 3.21. The van der Waals surface area contributed by atoms with Crippen LogP contribution in [0.15, 0.2) is 54.6 Å². The fourth-order valence-corrected chi connectivity index (χ4v) is 4.02. The smallest absolute Gasteiger partial charge is 0.444 e. The van der Waals surface area contributed by atoms with Gasteiger partial charge in [-0.1, -0.05) is 48.5 Å². The van der Waals surface area contributed by atoms with Crippen molar-refractivity contribution in [1.29, 1.82) is 0 Å². The fourth-order valence-electron chi connectivity index (χ4n) is 3.53. The number of halogens is 3. The first-order valence-corrected chi connectivity index (χ1v) is 11.9. The van der Waals surface area contributed by atoms with Crippen LogP contribution in [0, 0.1) is 0 Å². The van der Waals surface area contributed by atoms with Gasteiger partial charge < -0.3 is 13.7 Å². The SMILES string of the molecule is CC(C)(C)OC(=O)N1CO[C@@H](C(Cc2ccccc2OS(=O)(=O)C(F)(F)F)c2ccccc2)C1. The first-order chi connectivity index (χ1) is 15.8. The molecular weight excluding hydrogens is 475 g/mol. The number of para-hydroxylation sites is 1. The van der Waals surface area contributed by atoms with Crippen LogP contribution in [0.4, 0.5) is 18.0 Å². The number of benzene rings is 2. The molecule has 0 spiro atoms. The van der Waals surface area contributed by atoms with Crippen molar-refractivity contribution in [3.8, 4) is 5.75 Å². The predicted octanol–water partition coefficient (Wildman–Crippen LogP) is 4.83. The molecule has 0 aromatic heterocycles. The third-order valence-electron chi connectivity index (χ3n) is 5.07.